The zero-order valence-corrected chi connectivity index (χ0v) is 8.82. The van der Waals surface area contributed by atoms with E-state index < -0.39 is 0 Å². The van der Waals surface area contributed by atoms with E-state index in [1.165, 1.54) is 0 Å². The highest BCUT2D eigenvalue weighted by Gasteiger charge is 2.25. The van der Waals surface area contributed by atoms with E-state index in [1.54, 1.807) is 0 Å². The second-order valence-corrected chi connectivity index (χ2v) is 4.29. The molecule has 0 amide bonds. The Morgan fingerprint density at radius 1 is 1.15 bits per heavy atom. The van der Waals surface area contributed by atoms with Gasteiger partial charge in [0, 0.05) is 13.1 Å². The Hall–Kier alpha value is -0.160. The van der Waals surface area contributed by atoms with Crippen molar-refractivity contribution in [1.82, 2.24) is 4.90 Å². The largest absolute Gasteiger partial charge is 0.395 e. The lowest BCUT2D eigenvalue weighted by molar-refractivity contribution is 0.0668. The number of rotatable bonds is 5. The first-order valence-electron chi connectivity index (χ1n) is 4.65. The first-order valence-corrected chi connectivity index (χ1v) is 4.65. The summed E-state index contributed by atoms with van der Waals surface area (Å²) in [7, 11) is 0. The Kier molecular flexibility index (Phi) is 5.48. The molecular weight excluding hydrogens is 168 g/mol. The molecule has 4 N–H and O–H groups in total. The molecule has 0 radical (unpaired) electrons. The van der Waals surface area contributed by atoms with Crippen LogP contribution in [0.2, 0.25) is 0 Å². The van der Waals surface area contributed by atoms with Crippen LogP contribution in [0.5, 0.6) is 0 Å². The molecule has 0 spiro atoms. The summed E-state index contributed by atoms with van der Waals surface area (Å²) in [5, 5.41) is 17.6. The van der Waals surface area contributed by atoms with E-state index in [0.29, 0.717) is 13.1 Å². The van der Waals surface area contributed by atoms with E-state index in [4.69, 9.17) is 15.9 Å². The lowest BCUT2D eigenvalue weighted by Crippen LogP contribution is -2.52. The summed E-state index contributed by atoms with van der Waals surface area (Å²) in [4.78, 5) is 1.89. The smallest absolute Gasteiger partial charge is 0.0623 e. The molecule has 0 heterocycles. The summed E-state index contributed by atoms with van der Waals surface area (Å²) < 4.78 is 0. The summed E-state index contributed by atoms with van der Waals surface area (Å²) in [5.41, 5.74) is 5.93. The molecule has 0 saturated carbocycles. The second-order valence-electron chi connectivity index (χ2n) is 4.29. The van der Waals surface area contributed by atoms with Gasteiger partial charge in [-0.1, -0.05) is 20.8 Å². The van der Waals surface area contributed by atoms with E-state index in [-0.39, 0.29) is 24.8 Å². The molecule has 13 heavy (non-hydrogen) atoms. The van der Waals surface area contributed by atoms with Gasteiger partial charge in [-0.05, 0) is 5.41 Å². The van der Waals surface area contributed by atoms with Crippen LogP contribution in [0.4, 0.5) is 0 Å². The molecule has 4 nitrogen and oxygen atoms in total. The molecular formula is C9H22N2O2. The second kappa shape index (κ2) is 5.54. The van der Waals surface area contributed by atoms with Gasteiger partial charge in [0.15, 0.2) is 0 Å². The third-order valence-corrected chi connectivity index (χ3v) is 2.06. The summed E-state index contributed by atoms with van der Waals surface area (Å²) in [6, 6.07) is 0. The van der Waals surface area contributed by atoms with Gasteiger partial charge in [-0.25, -0.2) is 0 Å². The third-order valence-electron chi connectivity index (χ3n) is 2.06. The van der Waals surface area contributed by atoms with Crippen molar-refractivity contribution in [2.24, 2.45) is 11.1 Å². The molecule has 0 rings (SSSR count). The van der Waals surface area contributed by atoms with E-state index >= 15 is 0 Å². The minimum atomic E-state index is -0.133. The van der Waals surface area contributed by atoms with E-state index in [9.17, 15) is 0 Å². The van der Waals surface area contributed by atoms with Gasteiger partial charge in [0.25, 0.3) is 0 Å². The predicted molar refractivity (Wildman–Crippen MR) is 53.2 cm³/mol. The van der Waals surface area contributed by atoms with Crippen LogP contribution in [0.1, 0.15) is 20.8 Å². The van der Waals surface area contributed by atoms with Crippen LogP contribution in [0.15, 0.2) is 0 Å². The molecule has 0 fully saturated rings. The normalized spacial score (nSPS) is 15.0. The molecule has 0 aliphatic carbocycles. The molecule has 0 saturated heterocycles. The van der Waals surface area contributed by atoms with Crippen LogP contribution in [0.25, 0.3) is 0 Å². The average Bonchev–Trinajstić information content (AvgIpc) is 2.01. The number of aliphatic hydroxyl groups excluding tert-OH is 2. The molecule has 0 aliphatic heterocycles. The van der Waals surface area contributed by atoms with Gasteiger partial charge >= 0.3 is 0 Å². The molecule has 4 heteroatoms. The monoisotopic (exact) mass is 190 g/mol. The fourth-order valence-corrected chi connectivity index (χ4v) is 1.19. The van der Waals surface area contributed by atoms with Crippen molar-refractivity contribution in [2.45, 2.75) is 26.9 Å². The van der Waals surface area contributed by atoms with Crippen molar-refractivity contribution in [3.05, 3.63) is 0 Å². The van der Waals surface area contributed by atoms with Crippen molar-refractivity contribution in [2.75, 3.05) is 26.3 Å². The molecule has 80 valence electrons. The summed E-state index contributed by atoms with van der Waals surface area (Å²) in [5.74, 6) is 0. The van der Waals surface area contributed by atoms with E-state index in [2.05, 4.69) is 0 Å². The topological polar surface area (TPSA) is 69.7 Å². The quantitative estimate of drug-likeness (QED) is 0.516. The zero-order valence-electron chi connectivity index (χ0n) is 8.82. The van der Waals surface area contributed by atoms with Crippen molar-refractivity contribution in [3.8, 4) is 0 Å². The van der Waals surface area contributed by atoms with Gasteiger partial charge in [0.2, 0.25) is 0 Å². The Balaban J connectivity index is 4.18. The van der Waals surface area contributed by atoms with Crippen LogP contribution in [0.3, 0.4) is 0 Å². The first-order chi connectivity index (χ1) is 5.93. The molecule has 0 bridgehead atoms. The third kappa shape index (κ3) is 4.57. The molecule has 1 unspecified atom stereocenters. The fourth-order valence-electron chi connectivity index (χ4n) is 1.19. The molecule has 1 atom stereocenters. The van der Waals surface area contributed by atoms with Crippen molar-refractivity contribution >= 4 is 0 Å². The van der Waals surface area contributed by atoms with Gasteiger partial charge in [0.1, 0.15) is 0 Å². The highest BCUT2D eigenvalue weighted by Crippen LogP contribution is 2.19. The Labute approximate surface area is 80.3 Å². The Morgan fingerprint density at radius 3 is 1.77 bits per heavy atom. The number of nitrogens with two attached hydrogens (primary N) is 1. The lowest BCUT2D eigenvalue weighted by atomic mass is 9.92. The molecule has 0 aromatic heterocycles. The maximum atomic E-state index is 8.80. The molecule has 0 aromatic carbocycles. The summed E-state index contributed by atoms with van der Waals surface area (Å²) in [6.07, 6.45) is -0.133. The Bertz CT molecular complexity index is 128. The number of nitrogens with zero attached hydrogens (tertiary/aromatic N) is 1. The van der Waals surface area contributed by atoms with Crippen LogP contribution in [0, 0.1) is 5.41 Å². The molecule has 0 aromatic rings. The van der Waals surface area contributed by atoms with Gasteiger partial charge < -0.3 is 15.9 Å². The van der Waals surface area contributed by atoms with Crippen molar-refractivity contribution < 1.29 is 10.2 Å². The first kappa shape index (κ1) is 12.8. The number of hydrogen-bond acceptors (Lipinski definition) is 4. The van der Waals surface area contributed by atoms with Crippen LogP contribution >= 0.6 is 0 Å². The SMILES string of the molecule is CC(C)(C)C(N)N(CCO)CCO. The highest BCUT2D eigenvalue weighted by molar-refractivity contribution is 4.77. The number of aliphatic hydroxyl groups is 2. The van der Waals surface area contributed by atoms with E-state index in [0.717, 1.165) is 0 Å². The van der Waals surface area contributed by atoms with Gasteiger partial charge in [0.05, 0.1) is 19.4 Å². The minimum Gasteiger partial charge on any atom is -0.395 e. The van der Waals surface area contributed by atoms with Gasteiger partial charge in [-0.3, -0.25) is 4.90 Å². The highest BCUT2D eigenvalue weighted by atomic mass is 16.3. The average molecular weight is 190 g/mol. The Morgan fingerprint density at radius 2 is 1.54 bits per heavy atom. The zero-order chi connectivity index (χ0) is 10.5. The van der Waals surface area contributed by atoms with Gasteiger partial charge in [-0.2, -0.15) is 0 Å². The van der Waals surface area contributed by atoms with Crippen LogP contribution in [-0.2, 0) is 0 Å². The number of hydrogen-bond donors (Lipinski definition) is 3. The van der Waals surface area contributed by atoms with Crippen molar-refractivity contribution in [1.29, 1.82) is 0 Å². The standard InChI is InChI=1S/C9H22N2O2/c1-9(2,3)8(10)11(4-6-12)5-7-13/h8,12-13H,4-7,10H2,1-3H3. The van der Waals surface area contributed by atoms with Gasteiger partial charge in [-0.15, -0.1) is 0 Å². The minimum absolute atomic E-state index is 0.0374. The van der Waals surface area contributed by atoms with E-state index in [1.807, 2.05) is 25.7 Å². The lowest BCUT2D eigenvalue weighted by Gasteiger charge is -2.36. The van der Waals surface area contributed by atoms with Crippen molar-refractivity contribution in [3.63, 3.8) is 0 Å². The van der Waals surface area contributed by atoms with Crippen LogP contribution in [-0.4, -0.2) is 47.6 Å². The predicted octanol–water partition coefficient (Wildman–Crippen LogP) is -0.396. The summed E-state index contributed by atoms with van der Waals surface area (Å²) >= 11 is 0. The summed E-state index contributed by atoms with van der Waals surface area (Å²) in [6.45, 7) is 7.30. The maximum absolute atomic E-state index is 8.80. The fraction of sp³-hybridized carbons (Fsp3) is 1.00. The molecule has 0 aliphatic rings. The van der Waals surface area contributed by atoms with Crippen LogP contribution < -0.4 is 5.73 Å². The maximum Gasteiger partial charge on any atom is 0.0623 e.